The molecule has 4 nitrogen and oxygen atoms in total. The van der Waals surface area contributed by atoms with E-state index in [-0.39, 0.29) is 26.7 Å². The molecule has 2 aromatic carbocycles. The van der Waals surface area contributed by atoms with E-state index in [9.17, 15) is 4.39 Å². The van der Waals surface area contributed by atoms with Crippen molar-refractivity contribution in [1.29, 1.82) is 10.5 Å². The molecule has 0 aliphatic carbocycles. The molecule has 0 aliphatic heterocycles. The third kappa shape index (κ3) is 4.92. The van der Waals surface area contributed by atoms with Gasteiger partial charge in [-0.3, -0.25) is 0 Å². The zero-order valence-electron chi connectivity index (χ0n) is 14.2. The van der Waals surface area contributed by atoms with Crippen LogP contribution in [0.5, 0.6) is 5.75 Å². The third-order valence-corrected chi connectivity index (χ3v) is 5.73. The molecule has 0 amide bonds. The van der Waals surface area contributed by atoms with Crippen LogP contribution in [0.15, 0.2) is 48.0 Å². The van der Waals surface area contributed by atoms with E-state index in [1.165, 1.54) is 4.26 Å². The number of allylic oxidation sites excluding steroid dienone is 1. The van der Waals surface area contributed by atoms with Gasteiger partial charge in [0.1, 0.15) is 0 Å². The summed E-state index contributed by atoms with van der Waals surface area (Å²) < 4.78 is 19.7. The topological polar surface area (TPSA) is 69.7 Å². The van der Waals surface area contributed by atoms with Crippen molar-refractivity contribution in [2.45, 2.75) is 0 Å². The second-order valence-corrected chi connectivity index (χ2v) is 7.73. The molecule has 27 heavy (non-hydrogen) atoms. The second kappa shape index (κ2) is 8.96. The standard InChI is InChI=1S/C21H14FN3OSe/c22-9-10-26-18-6-7-20-19(12-18)25-21(27-20)8-5-15-1-3-16(4-2-15)11-17(13-23)14-24/h1-8,11-12H,9-10H2/b8-5+. The van der Waals surface area contributed by atoms with Gasteiger partial charge in [-0.15, -0.1) is 0 Å². The Morgan fingerprint density at radius 2 is 1.81 bits per heavy atom. The van der Waals surface area contributed by atoms with Crippen molar-refractivity contribution in [2.75, 3.05) is 13.3 Å². The number of ether oxygens (including phenoxy) is 1. The summed E-state index contributed by atoms with van der Waals surface area (Å²) >= 11 is 0.127. The van der Waals surface area contributed by atoms with Crippen molar-refractivity contribution in [3.05, 3.63) is 63.7 Å². The molecular weight excluding hydrogens is 408 g/mol. The van der Waals surface area contributed by atoms with E-state index in [1.807, 2.05) is 66.8 Å². The third-order valence-electron chi connectivity index (χ3n) is 3.63. The van der Waals surface area contributed by atoms with E-state index in [2.05, 4.69) is 4.98 Å². The summed E-state index contributed by atoms with van der Waals surface area (Å²) in [5.74, 6) is 0.633. The van der Waals surface area contributed by atoms with Crippen LogP contribution < -0.4 is 4.74 Å². The summed E-state index contributed by atoms with van der Waals surface area (Å²) in [6, 6.07) is 16.9. The van der Waals surface area contributed by atoms with E-state index in [0.717, 1.165) is 21.2 Å². The average Bonchev–Trinajstić information content (AvgIpc) is 3.12. The van der Waals surface area contributed by atoms with Crippen LogP contribution in [0.1, 0.15) is 15.7 Å². The first-order valence-electron chi connectivity index (χ1n) is 8.11. The Morgan fingerprint density at radius 3 is 2.52 bits per heavy atom. The monoisotopic (exact) mass is 423 g/mol. The SMILES string of the molecule is N#CC(C#N)=Cc1ccc(/C=C/c2nc3cc(OCCF)ccc3[se]2)cc1. The molecule has 0 saturated heterocycles. The number of halogens is 1. The number of nitriles is 2. The molecule has 0 saturated carbocycles. The molecule has 1 aromatic heterocycles. The number of hydrogen-bond acceptors (Lipinski definition) is 4. The Balaban J connectivity index is 1.75. The molecule has 0 unspecified atom stereocenters. The normalized spacial score (nSPS) is 10.5. The first-order valence-corrected chi connectivity index (χ1v) is 9.82. The van der Waals surface area contributed by atoms with Gasteiger partial charge in [-0.25, -0.2) is 0 Å². The van der Waals surface area contributed by atoms with Crippen molar-refractivity contribution < 1.29 is 9.13 Å². The van der Waals surface area contributed by atoms with Crippen LogP contribution in [0.2, 0.25) is 0 Å². The fraction of sp³-hybridized carbons (Fsp3) is 0.0952. The van der Waals surface area contributed by atoms with E-state index in [1.54, 1.807) is 6.08 Å². The molecule has 132 valence electrons. The van der Waals surface area contributed by atoms with Crippen LogP contribution in [-0.4, -0.2) is 32.8 Å². The Kier molecular flexibility index (Phi) is 6.17. The number of alkyl halides is 1. The number of benzene rings is 2. The minimum absolute atomic E-state index is 0.0514. The van der Waals surface area contributed by atoms with Gasteiger partial charge in [0.25, 0.3) is 0 Å². The van der Waals surface area contributed by atoms with Crippen molar-refractivity contribution in [1.82, 2.24) is 4.98 Å². The maximum absolute atomic E-state index is 12.2. The van der Waals surface area contributed by atoms with E-state index in [0.29, 0.717) is 5.75 Å². The molecule has 0 spiro atoms. The van der Waals surface area contributed by atoms with Crippen molar-refractivity contribution >= 4 is 42.5 Å². The summed E-state index contributed by atoms with van der Waals surface area (Å²) in [5, 5.41) is 17.6. The fourth-order valence-electron chi connectivity index (χ4n) is 2.37. The van der Waals surface area contributed by atoms with Crippen LogP contribution in [0.3, 0.4) is 0 Å². The number of hydrogen-bond donors (Lipinski definition) is 0. The van der Waals surface area contributed by atoms with Crippen LogP contribution in [0.4, 0.5) is 4.39 Å². The number of aromatic nitrogens is 1. The van der Waals surface area contributed by atoms with Crippen LogP contribution >= 0.6 is 0 Å². The van der Waals surface area contributed by atoms with Crippen LogP contribution in [0.25, 0.3) is 28.0 Å². The summed E-state index contributed by atoms with van der Waals surface area (Å²) in [6.07, 6.45) is 5.52. The number of nitrogens with zero attached hydrogens (tertiary/aromatic N) is 3. The van der Waals surface area contributed by atoms with Gasteiger partial charge in [-0.05, 0) is 0 Å². The minimum atomic E-state index is -0.513. The van der Waals surface area contributed by atoms with Gasteiger partial charge in [0.15, 0.2) is 0 Å². The predicted octanol–water partition coefficient (Wildman–Crippen LogP) is 4.24. The van der Waals surface area contributed by atoms with Gasteiger partial charge in [0.2, 0.25) is 0 Å². The Labute approximate surface area is 162 Å². The number of rotatable bonds is 6. The maximum atomic E-state index is 12.2. The molecule has 0 aliphatic rings. The molecule has 0 atom stereocenters. The van der Waals surface area contributed by atoms with E-state index >= 15 is 0 Å². The Hall–Kier alpha value is -3.18. The predicted molar refractivity (Wildman–Crippen MR) is 105 cm³/mol. The molecule has 1 heterocycles. The van der Waals surface area contributed by atoms with Crippen molar-refractivity contribution in [2.24, 2.45) is 0 Å². The zero-order valence-corrected chi connectivity index (χ0v) is 15.9. The summed E-state index contributed by atoms with van der Waals surface area (Å²) in [4.78, 5) is 4.62. The van der Waals surface area contributed by atoms with Crippen molar-refractivity contribution in [3.63, 3.8) is 0 Å². The van der Waals surface area contributed by atoms with Crippen LogP contribution in [-0.2, 0) is 0 Å². The molecule has 0 N–H and O–H groups in total. The van der Waals surface area contributed by atoms with Gasteiger partial charge in [0.05, 0.1) is 0 Å². The Morgan fingerprint density at radius 1 is 1.07 bits per heavy atom. The Bertz CT molecular complexity index is 1070. The molecule has 6 heteroatoms. The molecular formula is C21H14FN3OSe. The number of fused-ring (bicyclic) bond motifs is 1. The van der Waals surface area contributed by atoms with Gasteiger partial charge in [-0.2, -0.15) is 0 Å². The molecule has 0 fully saturated rings. The summed E-state index contributed by atoms with van der Waals surface area (Å²) in [5.41, 5.74) is 2.77. The molecule has 3 rings (SSSR count). The van der Waals surface area contributed by atoms with Crippen molar-refractivity contribution in [3.8, 4) is 17.9 Å². The summed E-state index contributed by atoms with van der Waals surface area (Å²) in [7, 11) is 0. The quantitative estimate of drug-likeness (QED) is 0.440. The van der Waals surface area contributed by atoms with Crippen LogP contribution in [0, 0.1) is 22.7 Å². The molecule has 0 bridgehead atoms. The first-order chi connectivity index (χ1) is 13.2. The fourth-order valence-corrected chi connectivity index (χ4v) is 4.15. The first kappa shape index (κ1) is 18.6. The second-order valence-electron chi connectivity index (χ2n) is 5.50. The van der Waals surface area contributed by atoms with E-state index in [4.69, 9.17) is 15.3 Å². The molecule has 0 radical (unpaired) electrons. The van der Waals surface area contributed by atoms with Gasteiger partial charge in [-0.1, -0.05) is 0 Å². The van der Waals surface area contributed by atoms with Gasteiger partial charge >= 0.3 is 162 Å². The van der Waals surface area contributed by atoms with Gasteiger partial charge in [0, 0.05) is 0 Å². The van der Waals surface area contributed by atoms with Gasteiger partial charge < -0.3 is 0 Å². The molecule has 3 aromatic rings. The zero-order chi connectivity index (χ0) is 19.1. The average molecular weight is 422 g/mol. The van der Waals surface area contributed by atoms with E-state index < -0.39 is 6.67 Å². The summed E-state index contributed by atoms with van der Waals surface area (Å²) in [6.45, 7) is -0.461.